The zero-order chi connectivity index (χ0) is 10.8. The highest BCUT2D eigenvalue weighted by molar-refractivity contribution is 5.26. The molecule has 1 fully saturated rings. The van der Waals surface area contributed by atoms with Crippen molar-refractivity contribution in [3.63, 3.8) is 0 Å². The third kappa shape index (κ3) is 2.02. The molecule has 82 valence electrons. The van der Waals surface area contributed by atoms with E-state index in [1.54, 1.807) is 6.26 Å². The van der Waals surface area contributed by atoms with Gasteiger partial charge in [0.2, 0.25) is 0 Å². The first-order chi connectivity index (χ1) is 7.93. The number of nitrogens with one attached hydrogen (secondary N) is 1. The predicted octanol–water partition coefficient (Wildman–Crippen LogP) is 3.12. The maximum atomic E-state index is 5.52. The molecule has 1 aliphatic carbocycles. The van der Waals surface area contributed by atoms with Crippen LogP contribution in [0.15, 0.2) is 53.1 Å². The van der Waals surface area contributed by atoms with Crippen LogP contribution in [-0.2, 0) is 0 Å². The van der Waals surface area contributed by atoms with Crippen molar-refractivity contribution in [2.24, 2.45) is 0 Å². The summed E-state index contributed by atoms with van der Waals surface area (Å²) >= 11 is 0. The summed E-state index contributed by atoms with van der Waals surface area (Å²) in [7, 11) is 0. The third-order valence-electron chi connectivity index (χ3n) is 2.94. The zero-order valence-electron chi connectivity index (χ0n) is 9.10. The summed E-state index contributed by atoms with van der Waals surface area (Å²) in [6.45, 7) is 0. The first-order valence-corrected chi connectivity index (χ1v) is 5.78. The Kier molecular flexibility index (Phi) is 2.50. The van der Waals surface area contributed by atoms with Gasteiger partial charge in [0.25, 0.3) is 0 Å². The van der Waals surface area contributed by atoms with Crippen LogP contribution in [0.25, 0.3) is 0 Å². The highest BCUT2D eigenvalue weighted by Crippen LogP contribution is 2.28. The van der Waals surface area contributed by atoms with Crippen LogP contribution in [0.3, 0.4) is 0 Å². The van der Waals surface area contributed by atoms with Gasteiger partial charge < -0.3 is 9.73 Å². The van der Waals surface area contributed by atoms with Crippen LogP contribution in [0.1, 0.15) is 30.2 Å². The van der Waals surface area contributed by atoms with Gasteiger partial charge in [-0.1, -0.05) is 30.3 Å². The number of benzene rings is 1. The number of rotatable bonds is 4. The van der Waals surface area contributed by atoms with Crippen LogP contribution in [0.2, 0.25) is 0 Å². The average molecular weight is 213 g/mol. The van der Waals surface area contributed by atoms with E-state index >= 15 is 0 Å². The monoisotopic (exact) mass is 213 g/mol. The molecule has 1 atom stereocenters. The van der Waals surface area contributed by atoms with Crippen molar-refractivity contribution in [3.05, 3.63) is 60.1 Å². The Morgan fingerprint density at radius 2 is 1.88 bits per heavy atom. The molecule has 0 aliphatic heterocycles. The standard InChI is InChI=1S/C14H15NO/c1-2-5-11(6-3-1)14(15-12-8-9-12)13-7-4-10-16-13/h1-7,10,12,14-15H,8-9H2. The van der Waals surface area contributed by atoms with Crippen molar-refractivity contribution in [1.29, 1.82) is 0 Å². The molecule has 0 spiro atoms. The molecule has 1 unspecified atom stereocenters. The van der Waals surface area contributed by atoms with E-state index in [9.17, 15) is 0 Å². The first-order valence-electron chi connectivity index (χ1n) is 5.78. The van der Waals surface area contributed by atoms with Crippen molar-refractivity contribution in [2.75, 3.05) is 0 Å². The minimum atomic E-state index is 0.198. The molecule has 0 bridgehead atoms. The first kappa shape index (κ1) is 9.67. The van der Waals surface area contributed by atoms with Gasteiger partial charge in [-0.2, -0.15) is 0 Å². The van der Waals surface area contributed by atoms with E-state index in [-0.39, 0.29) is 6.04 Å². The van der Waals surface area contributed by atoms with Crippen LogP contribution in [0.5, 0.6) is 0 Å². The van der Waals surface area contributed by atoms with Crippen LogP contribution >= 0.6 is 0 Å². The molecule has 0 saturated heterocycles. The fourth-order valence-corrected chi connectivity index (χ4v) is 1.93. The van der Waals surface area contributed by atoms with Crippen molar-refractivity contribution in [2.45, 2.75) is 24.9 Å². The minimum absolute atomic E-state index is 0.198. The SMILES string of the molecule is c1ccc(C(NC2CC2)c2ccco2)cc1. The molecule has 1 aromatic heterocycles. The lowest BCUT2D eigenvalue weighted by Gasteiger charge is -2.16. The summed E-state index contributed by atoms with van der Waals surface area (Å²) in [5.41, 5.74) is 1.27. The Balaban J connectivity index is 1.89. The molecule has 1 aromatic carbocycles. The van der Waals surface area contributed by atoms with Crippen molar-refractivity contribution < 1.29 is 4.42 Å². The Bertz CT molecular complexity index is 431. The van der Waals surface area contributed by atoms with Crippen LogP contribution in [-0.4, -0.2) is 6.04 Å². The summed E-state index contributed by atoms with van der Waals surface area (Å²) in [6.07, 6.45) is 4.30. The van der Waals surface area contributed by atoms with Crippen molar-refractivity contribution >= 4 is 0 Å². The van der Waals surface area contributed by atoms with Crippen LogP contribution < -0.4 is 5.32 Å². The Morgan fingerprint density at radius 3 is 2.50 bits per heavy atom. The quantitative estimate of drug-likeness (QED) is 0.844. The topological polar surface area (TPSA) is 25.2 Å². The molecule has 1 saturated carbocycles. The van der Waals surface area contributed by atoms with Gasteiger partial charge in [-0.05, 0) is 30.5 Å². The maximum Gasteiger partial charge on any atom is 0.125 e. The lowest BCUT2D eigenvalue weighted by molar-refractivity contribution is 0.445. The summed E-state index contributed by atoms with van der Waals surface area (Å²) in [5.74, 6) is 0.998. The Labute approximate surface area is 95.3 Å². The van der Waals surface area contributed by atoms with E-state index in [4.69, 9.17) is 4.42 Å². The van der Waals surface area contributed by atoms with E-state index in [0.717, 1.165) is 5.76 Å². The van der Waals surface area contributed by atoms with Gasteiger partial charge in [-0.15, -0.1) is 0 Å². The lowest BCUT2D eigenvalue weighted by atomic mass is 10.0. The molecule has 0 radical (unpaired) electrons. The molecular weight excluding hydrogens is 198 g/mol. The summed E-state index contributed by atoms with van der Waals surface area (Å²) < 4.78 is 5.52. The van der Waals surface area contributed by atoms with Crippen LogP contribution in [0, 0.1) is 0 Å². The molecule has 1 aliphatic rings. The van der Waals surface area contributed by atoms with Crippen molar-refractivity contribution in [1.82, 2.24) is 5.32 Å². The summed E-state index contributed by atoms with van der Waals surface area (Å²) in [5, 5.41) is 3.62. The number of furan rings is 1. The van der Waals surface area contributed by atoms with E-state index < -0.39 is 0 Å². The smallest absolute Gasteiger partial charge is 0.125 e. The second-order valence-corrected chi connectivity index (χ2v) is 4.30. The normalized spacial score (nSPS) is 17.2. The molecular formula is C14H15NO. The Morgan fingerprint density at radius 1 is 1.06 bits per heavy atom. The predicted molar refractivity (Wildman–Crippen MR) is 63.2 cm³/mol. The second-order valence-electron chi connectivity index (χ2n) is 4.30. The summed E-state index contributed by atoms with van der Waals surface area (Å²) in [6, 6.07) is 15.3. The molecule has 1 heterocycles. The molecule has 0 amide bonds. The molecule has 16 heavy (non-hydrogen) atoms. The average Bonchev–Trinajstić information content (AvgIpc) is 3.00. The minimum Gasteiger partial charge on any atom is -0.467 e. The highest BCUT2D eigenvalue weighted by atomic mass is 16.3. The lowest BCUT2D eigenvalue weighted by Crippen LogP contribution is -2.23. The van der Waals surface area contributed by atoms with Crippen LogP contribution in [0.4, 0.5) is 0 Å². The largest absolute Gasteiger partial charge is 0.467 e. The van der Waals surface area contributed by atoms with Gasteiger partial charge in [0.1, 0.15) is 5.76 Å². The summed E-state index contributed by atoms with van der Waals surface area (Å²) in [4.78, 5) is 0. The van der Waals surface area contributed by atoms with E-state index in [1.165, 1.54) is 18.4 Å². The van der Waals surface area contributed by atoms with Gasteiger partial charge in [-0.3, -0.25) is 0 Å². The molecule has 2 nitrogen and oxygen atoms in total. The van der Waals surface area contributed by atoms with Gasteiger partial charge in [-0.25, -0.2) is 0 Å². The number of hydrogen-bond acceptors (Lipinski definition) is 2. The second kappa shape index (κ2) is 4.14. The zero-order valence-corrected chi connectivity index (χ0v) is 9.10. The fraction of sp³-hybridized carbons (Fsp3) is 0.286. The van der Waals surface area contributed by atoms with Gasteiger partial charge in [0.15, 0.2) is 0 Å². The van der Waals surface area contributed by atoms with Gasteiger partial charge >= 0.3 is 0 Å². The van der Waals surface area contributed by atoms with Gasteiger partial charge in [0, 0.05) is 6.04 Å². The van der Waals surface area contributed by atoms with E-state index in [1.807, 2.05) is 18.2 Å². The molecule has 2 heteroatoms. The molecule has 1 N–H and O–H groups in total. The molecule has 2 aromatic rings. The fourth-order valence-electron chi connectivity index (χ4n) is 1.93. The van der Waals surface area contributed by atoms with Gasteiger partial charge in [0.05, 0.1) is 12.3 Å². The molecule has 3 rings (SSSR count). The van der Waals surface area contributed by atoms with E-state index in [2.05, 4.69) is 29.6 Å². The highest BCUT2D eigenvalue weighted by Gasteiger charge is 2.27. The number of hydrogen-bond donors (Lipinski definition) is 1. The maximum absolute atomic E-state index is 5.52. The van der Waals surface area contributed by atoms with Crippen molar-refractivity contribution in [3.8, 4) is 0 Å². The third-order valence-corrected chi connectivity index (χ3v) is 2.94. The van der Waals surface area contributed by atoms with E-state index in [0.29, 0.717) is 6.04 Å². The Hall–Kier alpha value is -1.54.